The molecule has 0 spiro atoms. The molecule has 1 aromatic carbocycles. The van der Waals surface area contributed by atoms with E-state index in [1.165, 1.54) is 27.8 Å². The summed E-state index contributed by atoms with van der Waals surface area (Å²) < 4.78 is 7.15. The number of rotatable bonds is 7. The molecule has 0 amide bonds. The van der Waals surface area contributed by atoms with Gasteiger partial charge in [0.05, 0.1) is 30.9 Å². The van der Waals surface area contributed by atoms with Gasteiger partial charge in [-0.05, 0) is 50.3 Å². The number of hydrogen-bond acceptors (Lipinski definition) is 6. The van der Waals surface area contributed by atoms with Crippen molar-refractivity contribution in [3.63, 3.8) is 0 Å². The third-order valence-electron chi connectivity index (χ3n) is 5.00. The van der Waals surface area contributed by atoms with Crippen LogP contribution in [0.15, 0.2) is 28.2 Å². The van der Waals surface area contributed by atoms with Gasteiger partial charge in [-0.1, -0.05) is 29.5 Å². The maximum Gasteiger partial charge on any atom is 0.267 e. The molecule has 1 aliphatic carbocycles. The lowest BCUT2D eigenvalue weighted by Gasteiger charge is -2.15. The highest BCUT2D eigenvalue weighted by molar-refractivity contribution is 7.99. The van der Waals surface area contributed by atoms with Crippen LogP contribution >= 0.6 is 23.1 Å². The van der Waals surface area contributed by atoms with E-state index >= 15 is 0 Å². The standard InChI is InChI=1S/C21H24N2O3S2/c1-13-6-7-16(14(2)12-13)23-20(25)18-15-4-3-5-17(15)28-19(18)22-21(23)27-11-10-26-9-8-24/h6-7,12,24H,3-5,8-11H2,1-2H3. The van der Waals surface area contributed by atoms with Gasteiger partial charge in [0, 0.05) is 10.6 Å². The lowest BCUT2D eigenvalue weighted by Crippen LogP contribution is -2.23. The highest BCUT2D eigenvalue weighted by atomic mass is 32.2. The molecule has 3 aromatic rings. The van der Waals surface area contributed by atoms with E-state index in [-0.39, 0.29) is 12.2 Å². The zero-order valence-corrected chi connectivity index (χ0v) is 17.8. The van der Waals surface area contributed by atoms with Crippen LogP contribution in [0.25, 0.3) is 15.9 Å². The smallest absolute Gasteiger partial charge is 0.267 e. The Kier molecular flexibility index (Phi) is 5.87. The van der Waals surface area contributed by atoms with Gasteiger partial charge in [0.1, 0.15) is 4.83 Å². The van der Waals surface area contributed by atoms with Gasteiger partial charge in [-0.3, -0.25) is 9.36 Å². The van der Waals surface area contributed by atoms with Gasteiger partial charge < -0.3 is 9.84 Å². The Morgan fingerprint density at radius 3 is 2.93 bits per heavy atom. The van der Waals surface area contributed by atoms with Crippen LogP contribution in [0.1, 0.15) is 28.0 Å². The molecular weight excluding hydrogens is 392 g/mol. The first-order chi connectivity index (χ1) is 13.6. The van der Waals surface area contributed by atoms with Gasteiger partial charge >= 0.3 is 0 Å². The molecule has 0 aliphatic heterocycles. The highest BCUT2D eigenvalue weighted by Gasteiger charge is 2.24. The summed E-state index contributed by atoms with van der Waals surface area (Å²) in [6, 6.07) is 6.15. The van der Waals surface area contributed by atoms with Crippen molar-refractivity contribution in [3.8, 4) is 5.69 Å². The SMILES string of the molecule is Cc1ccc(-n2c(SCCOCCO)nc3sc4c(c3c2=O)CCC4)c(C)c1. The van der Waals surface area contributed by atoms with Gasteiger partial charge in [-0.2, -0.15) is 0 Å². The maximum absolute atomic E-state index is 13.6. The summed E-state index contributed by atoms with van der Waals surface area (Å²) in [5.41, 5.74) is 4.37. The van der Waals surface area contributed by atoms with Gasteiger partial charge in [0.15, 0.2) is 5.16 Å². The molecule has 1 aliphatic rings. The molecule has 0 radical (unpaired) electrons. The number of aliphatic hydroxyl groups excluding tert-OH is 1. The Bertz CT molecular complexity index is 1070. The Hall–Kier alpha value is -1.67. The summed E-state index contributed by atoms with van der Waals surface area (Å²) in [5, 5.41) is 10.4. The molecule has 148 valence electrons. The summed E-state index contributed by atoms with van der Waals surface area (Å²) in [5.74, 6) is 0.675. The predicted molar refractivity (Wildman–Crippen MR) is 115 cm³/mol. The van der Waals surface area contributed by atoms with Crippen LogP contribution in [0, 0.1) is 13.8 Å². The van der Waals surface area contributed by atoms with Crippen molar-refractivity contribution in [3.05, 3.63) is 50.1 Å². The number of nitrogens with zero attached hydrogens (tertiary/aromatic N) is 2. The Morgan fingerprint density at radius 1 is 1.29 bits per heavy atom. The zero-order valence-electron chi connectivity index (χ0n) is 16.2. The van der Waals surface area contributed by atoms with E-state index in [0.29, 0.717) is 24.1 Å². The van der Waals surface area contributed by atoms with Crippen LogP contribution in [0.3, 0.4) is 0 Å². The number of aromatic nitrogens is 2. The fourth-order valence-corrected chi connectivity index (χ4v) is 5.91. The lowest BCUT2D eigenvalue weighted by molar-refractivity contribution is 0.103. The van der Waals surface area contributed by atoms with Crippen LogP contribution in [0.2, 0.25) is 0 Å². The molecule has 1 N–H and O–H groups in total. The molecule has 2 aromatic heterocycles. The molecule has 2 heterocycles. The topological polar surface area (TPSA) is 64.3 Å². The number of hydrogen-bond donors (Lipinski definition) is 1. The number of aryl methyl sites for hydroxylation is 4. The fraction of sp³-hybridized carbons (Fsp3) is 0.429. The first kappa shape index (κ1) is 19.6. The molecule has 7 heteroatoms. The summed E-state index contributed by atoms with van der Waals surface area (Å²) in [4.78, 5) is 20.7. The number of benzene rings is 1. The first-order valence-electron chi connectivity index (χ1n) is 9.56. The van der Waals surface area contributed by atoms with E-state index in [0.717, 1.165) is 40.7 Å². The molecule has 28 heavy (non-hydrogen) atoms. The second-order valence-electron chi connectivity index (χ2n) is 7.05. The van der Waals surface area contributed by atoms with E-state index < -0.39 is 0 Å². The van der Waals surface area contributed by atoms with Crippen LogP contribution in [0.5, 0.6) is 0 Å². The molecule has 4 rings (SSSR count). The number of ether oxygens (including phenoxy) is 1. The van der Waals surface area contributed by atoms with Gasteiger partial charge in [-0.25, -0.2) is 4.98 Å². The first-order valence-corrected chi connectivity index (χ1v) is 11.4. The zero-order chi connectivity index (χ0) is 19.7. The van der Waals surface area contributed by atoms with Crippen LogP contribution in [0.4, 0.5) is 0 Å². The minimum absolute atomic E-state index is 0.0168. The Balaban J connectivity index is 1.82. The Labute approximate surface area is 172 Å². The van der Waals surface area contributed by atoms with Crippen LogP contribution in [-0.2, 0) is 17.6 Å². The molecule has 0 fully saturated rings. The quantitative estimate of drug-likeness (QED) is 0.362. The normalized spacial score (nSPS) is 13.4. The maximum atomic E-state index is 13.6. The van der Waals surface area contributed by atoms with Crippen molar-refractivity contribution in [2.24, 2.45) is 0 Å². The van der Waals surface area contributed by atoms with Gasteiger partial charge in [0.25, 0.3) is 5.56 Å². The van der Waals surface area contributed by atoms with Gasteiger partial charge in [0.2, 0.25) is 0 Å². The third kappa shape index (κ3) is 3.64. The molecule has 0 saturated carbocycles. The van der Waals surface area contributed by atoms with Crippen LogP contribution < -0.4 is 5.56 Å². The van der Waals surface area contributed by atoms with E-state index in [2.05, 4.69) is 13.0 Å². The summed E-state index contributed by atoms with van der Waals surface area (Å²) >= 11 is 3.20. The molecule has 0 saturated heterocycles. The summed E-state index contributed by atoms with van der Waals surface area (Å²) in [6.45, 7) is 4.95. The van der Waals surface area contributed by atoms with Crippen LogP contribution in [-0.4, -0.2) is 40.2 Å². The minimum atomic E-state index is 0.0168. The van der Waals surface area contributed by atoms with Crippen molar-refractivity contribution >= 4 is 33.3 Å². The number of aliphatic hydroxyl groups is 1. The van der Waals surface area contributed by atoms with Crippen molar-refractivity contribution in [1.29, 1.82) is 0 Å². The second-order valence-corrected chi connectivity index (χ2v) is 9.19. The van der Waals surface area contributed by atoms with E-state index in [4.69, 9.17) is 14.8 Å². The predicted octanol–water partition coefficient (Wildman–Crippen LogP) is 3.65. The molecule has 0 bridgehead atoms. The van der Waals surface area contributed by atoms with E-state index in [1.54, 1.807) is 15.9 Å². The van der Waals surface area contributed by atoms with Gasteiger partial charge in [-0.15, -0.1) is 11.3 Å². The number of thioether (sulfide) groups is 1. The van der Waals surface area contributed by atoms with E-state index in [9.17, 15) is 4.79 Å². The van der Waals surface area contributed by atoms with Crippen molar-refractivity contribution in [1.82, 2.24) is 9.55 Å². The third-order valence-corrected chi connectivity index (χ3v) is 7.08. The fourth-order valence-electron chi connectivity index (χ4n) is 3.75. The molecule has 0 atom stereocenters. The highest BCUT2D eigenvalue weighted by Crippen LogP contribution is 2.36. The van der Waals surface area contributed by atoms with Crippen molar-refractivity contribution in [2.75, 3.05) is 25.6 Å². The minimum Gasteiger partial charge on any atom is -0.394 e. The average Bonchev–Trinajstić information content (AvgIpc) is 3.23. The Morgan fingerprint density at radius 2 is 2.14 bits per heavy atom. The molecule has 0 unspecified atom stereocenters. The van der Waals surface area contributed by atoms with Crippen molar-refractivity contribution < 1.29 is 9.84 Å². The number of fused-ring (bicyclic) bond motifs is 3. The van der Waals surface area contributed by atoms with Crippen molar-refractivity contribution in [2.45, 2.75) is 38.3 Å². The largest absolute Gasteiger partial charge is 0.394 e. The monoisotopic (exact) mass is 416 g/mol. The second kappa shape index (κ2) is 8.37. The molecule has 5 nitrogen and oxygen atoms in total. The van der Waals surface area contributed by atoms with E-state index in [1.807, 2.05) is 19.1 Å². The summed E-state index contributed by atoms with van der Waals surface area (Å²) in [7, 11) is 0. The molecular formula is C21H24N2O3S2. The lowest BCUT2D eigenvalue weighted by atomic mass is 10.1. The summed E-state index contributed by atoms with van der Waals surface area (Å²) in [6.07, 6.45) is 3.15. The average molecular weight is 417 g/mol. The number of thiophene rings is 1.